The number of primary amides is 1. The van der Waals surface area contributed by atoms with E-state index in [0.29, 0.717) is 29.3 Å². The number of nitrogens with zero attached hydrogens (tertiary/aromatic N) is 1. The summed E-state index contributed by atoms with van der Waals surface area (Å²) in [5.41, 5.74) is 28.6. The van der Waals surface area contributed by atoms with Gasteiger partial charge in [0.25, 0.3) is 0 Å². The number of ketones is 1. The first-order valence-corrected chi connectivity index (χ1v) is 16.4. The van der Waals surface area contributed by atoms with E-state index in [2.05, 4.69) is 10.3 Å². The zero-order valence-corrected chi connectivity index (χ0v) is 28.0. The molecule has 0 spiro atoms. The Balaban J connectivity index is 1.40. The number of hydrogen-bond acceptors (Lipinski definition) is 5. The lowest BCUT2D eigenvalue weighted by Crippen LogP contribution is -2.48. The van der Waals surface area contributed by atoms with Crippen LogP contribution in [0.25, 0.3) is 22.3 Å². The number of nitrogens with one attached hydrogen (secondary N) is 1. The minimum absolute atomic E-state index is 0.0629. The van der Waals surface area contributed by atoms with Gasteiger partial charge in [0.2, 0.25) is 11.8 Å². The molecule has 4 aromatic rings. The maximum atomic E-state index is 13.5. The van der Waals surface area contributed by atoms with Crippen molar-refractivity contribution in [3.8, 4) is 22.3 Å². The molecule has 48 heavy (non-hydrogen) atoms. The number of rotatable bonds is 16. The Morgan fingerprint density at radius 3 is 1.54 bits per heavy atom. The molecule has 0 saturated heterocycles. The number of aliphatic imine (C=N–C) groups is 1. The van der Waals surface area contributed by atoms with Crippen molar-refractivity contribution in [3.05, 3.63) is 118 Å². The van der Waals surface area contributed by atoms with E-state index in [9.17, 15) is 14.4 Å². The first-order chi connectivity index (χ1) is 23.0. The van der Waals surface area contributed by atoms with Crippen molar-refractivity contribution >= 4 is 46.8 Å². The number of amides is 2. The summed E-state index contributed by atoms with van der Waals surface area (Å²) in [5.74, 6) is -2.25. The molecule has 0 saturated carbocycles. The predicted molar refractivity (Wildman–Crippen MR) is 193 cm³/mol. The zero-order chi connectivity index (χ0) is 34.6. The van der Waals surface area contributed by atoms with Gasteiger partial charge in [0.05, 0.1) is 6.04 Å². The SMILES string of the molecule is NC(=O)[C@@H](Cc1ccc(-c2ccc(Cl)cc2)cc1)NC(=O)[C@@H](CCCN=C(N)N)CC(=O)[C@H](N)Cc1ccc(-c2ccc(Cl)cc2)cc1. The number of benzene rings is 4. The average molecular weight is 688 g/mol. The summed E-state index contributed by atoms with van der Waals surface area (Å²) in [7, 11) is 0. The van der Waals surface area contributed by atoms with Gasteiger partial charge in [0.15, 0.2) is 11.7 Å². The zero-order valence-electron chi connectivity index (χ0n) is 26.4. The fourth-order valence-electron chi connectivity index (χ4n) is 5.33. The van der Waals surface area contributed by atoms with Crippen LogP contribution in [-0.2, 0) is 27.2 Å². The van der Waals surface area contributed by atoms with Crippen LogP contribution < -0.4 is 28.3 Å². The summed E-state index contributed by atoms with van der Waals surface area (Å²) in [4.78, 5) is 43.3. The second-order valence-corrected chi connectivity index (χ2v) is 12.6. The highest BCUT2D eigenvalue weighted by molar-refractivity contribution is 6.30. The van der Waals surface area contributed by atoms with Crippen LogP contribution >= 0.6 is 23.2 Å². The minimum atomic E-state index is -0.984. The lowest BCUT2D eigenvalue weighted by molar-refractivity contribution is -0.132. The Morgan fingerprint density at radius 1 is 0.667 bits per heavy atom. The molecule has 0 aliphatic heterocycles. The van der Waals surface area contributed by atoms with Crippen LogP contribution in [0.1, 0.15) is 30.4 Å². The third-order valence-corrected chi connectivity index (χ3v) is 8.56. The molecule has 0 bridgehead atoms. The summed E-state index contributed by atoms with van der Waals surface area (Å²) in [6, 6.07) is 28.6. The van der Waals surface area contributed by atoms with E-state index >= 15 is 0 Å². The van der Waals surface area contributed by atoms with Gasteiger partial charge >= 0.3 is 0 Å². The molecule has 0 heterocycles. The Kier molecular flexibility index (Phi) is 13.1. The van der Waals surface area contributed by atoms with Gasteiger partial charge in [0.1, 0.15) is 6.04 Å². The molecule has 4 rings (SSSR count). The molecule has 0 aromatic heterocycles. The molecule has 0 radical (unpaired) electrons. The van der Waals surface area contributed by atoms with E-state index in [1.807, 2.05) is 97.1 Å². The Morgan fingerprint density at radius 2 is 1.10 bits per heavy atom. The molecule has 2 amide bonds. The summed E-state index contributed by atoms with van der Waals surface area (Å²) in [6.45, 7) is 0.283. The molecule has 0 unspecified atom stereocenters. The molecule has 3 atom stereocenters. The quantitative estimate of drug-likeness (QED) is 0.0626. The van der Waals surface area contributed by atoms with E-state index in [1.54, 1.807) is 0 Å². The van der Waals surface area contributed by atoms with E-state index in [-0.39, 0.29) is 31.1 Å². The maximum Gasteiger partial charge on any atom is 0.240 e. The summed E-state index contributed by atoms with van der Waals surface area (Å²) < 4.78 is 0. The second kappa shape index (κ2) is 17.5. The van der Waals surface area contributed by atoms with Gasteiger partial charge in [-0.25, -0.2) is 0 Å². The van der Waals surface area contributed by atoms with Crippen molar-refractivity contribution in [1.82, 2.24) is 5.32 Å². The van der Waals surface area contributed by atoms with Crippen molar-refractivity contribution in [2.75, 3.05) is 6.54 Å². The van der Waals surface area contributed by atoms with Crippen molar-refractivity contribution in [2.45, 2.75) is 44.2 Å². The van der Waals surface area contributed by atoms with Gasteiger partial charge in [-0.2, -0.15) is 0 Å². The topological polar surface area (TPSA) is 180 Å². The fraction of sp³-hybridized carbons (Fsp3) is 0.243. The van der Waals surface area contributed by atoms with Gasteiger partial charge in [-0.15, -0.1) is 0 Å². The number of carbonyl (C=O) groups excluding carboxylic acids is 3. The lowest BCUT2D eigenvalue weighted by Gasteiger charge is -2.22. The fourth-order valence-corrected chi connectivity index (χ4v) is 5.58. The Labute approximate surface area is 290 Å². The highest BCUT2D eigenvalue weighted by Crippen LogP contribution is 2.24. The Bertz CT molecular complexity index is 1710. The largest absolute Gasteiger partial charge is 0.370 e. The van der Waals surface area contributed by atoms with E-state index in [0.717, 1.165) is 33.4 Å². The molecule has 0 aliphatic carbocycles. The number of carbonyl (C=O) groups is 3. The normalized spacial score (nSPS) is 12.8. The van der Waals surface area contributed by atoms with E-state index in [4.69, 9.17) is 46.1 Å². The molecular formula is C37H40Cl2N6O3. The molecule has 0 aliphatic rings. The number of halogens is 2. The molecule has 250 valence electrons. The first-order valence-electron chi connectivity index (χ1n) is 15.6. The summed E-state index contributed by atoms with van der Waals surface area (Å²) >= 11 is 12.0. The third kappa shape index (κ3) is 10.9. The predicted octanol–water partition coefficient (Wildman–Crippen LogP) is 5.04. The van der Waals surface area contributed by atoms with Gasteiger partial charge in [-0.3, -0.25) is 19.4 Å². The first kappa shape index (κ1) is 36.1. The van der Waals surface area contributed by atoms with Crippen molar-refractivity contribution in [3.63, 3.8) is 0 Å². The van der Waals surface area contributed by atoms with Gasteiger partial charge in [-0.05, 0) is 76.9 Å². The number of hydrogen-bond donors (Lipinski definition) is 5. The van der Waals surface area contributed by atoms with Crippen LogP contribution in [0.5, 0.6) is 0 Å². The number of nitrogens with two attached hydrogens (primary N) is 4. The summed E-state index contributed by atoms with van der Waals surface area (Å²) in [6.07, 6.45) is 1.12. The molecule has 9 N–H and O–H groups in total. The van der Waals surface area contributed by atoms with E-state index < -0.39 is 29.8 Å². The average Bonchev–Trinajstić information content (AvgIpc) is 3.07. The second-order valence-electron chi connectivity index (χ2n) is 11.7. The van der Waals surface area contributed by atoms with Gasteiger partial charge in [-0.1, -0.05) is 96.0 Å². The van der Waals surface area contributed by atoms with Gasteiger partial charge < -0.3 is 28.3 Å². The van der Waals surface area contributed by atoms with Gasteiger partial charge in [0, 0.05) is 35.3 Å². The minimum Gasteiger partial charge on any atom is -0.370 e. The van der Waals surface area contributed by atoms with E-state index in [1.165, 1.54) is 0 Å². The molecule has 11 heteroatoms. The molecule has 0 fully saturated rings. The monoisotopic (exact) mass is 686 g/mol. The number of Topliss-reactive ketones (excluding diaryl/α,β-unsaturated/α-hetero) is 1. The third-order valence-electron chi connectivity index (χ3n) is 8.06. The van der Waals surface area contributed by atoms with Crippen LogP contribution in [-0.4, -0.2) is 42.2 Å². The maximum absolute atomic E-state index is 13.5. The van der Waals surface area contributed by atoms with Crippen LogP contribution in [0.15, 0.2) is 102 Å². The van der Waals surface area contributed by atoms with Crippen LogP contribution in [0.2, 0.25) is 10.0 Å². The standard InChI is InChI=1S/C37H40Cl2N6O3/c38-30-15-11-27(12-16-30)25-7-3-23(4-8-25)20-32(40)34(46)22-29(2-1-19-44-37(42)43)36(48)45-33(35(41)47)21-24-5-9-26(10-6-24)28-13-17-31(39)18-14-28/h3-18,29,32-33H,1-2,19-22,40H2,(H2,41,47)(H,45,48)(H4,42,43,44)/t29-,32+,33+/m0/s1. The molecule has 4 aromatic carbocycles. The highest BCUT2D eigenvalue weighted by Gasteiger charge is 2.28. The van der Waals surface area contributed by atoms with Crippen LogP contribution in [0, 0.1) is 5.92 Å². The molecular weight excluding hydrogens is 647 g/mol. The smallest absolute Gasteiger partial charge is 0.240 e. The molecule has 9 nitrogen and oxygen atoms in total. The lowest BCUT2D eigenvalue weighted by atomic mass is 9.90. The van der Waals surface area contributed by atoms with Crippen molar-refractivity contribution in [1.29, 1.82) is 0 Å². The Hall–Kier alpha value is -4.70. The van der Waals surface area contributed by atoms with Crippen LogP contribution in [0.3, 0.4) is 0 Å². The van der Waals surface area contributed by atoms with Crippen LogP contribution in [0.4, 0.5) is 0 Å². The van der Waals surface area contributed by atoms with Crippen molar-refractivity contribution in [2.24, 2.45) is 33.8 Å². The highest BCUT2D eigenvalue weighted by atomic mass is 35.5. The summed E-state index contributed by atoms with van der Waals surface area (Å²) in [5, 5.41) is 4.08. The van der Waals surface area contributed by atoms with Crippen molar-refractivity contribution < 1.29 is 14.4 Å². The number of guanidine groups is 1.